The Morgan fingerprint density at radius 1 is 1.56 bits per heavy atom. The highest BCUT2D eigenvalue weighted by Gasteiger charge is 2.55. The van der Waals surface area contributed by atoms with Crippen LogP contribution in [0.3, 0.4) is 0 Å². The zero-order valence-electron chi connectivity index (χ0n) is 10.3. The van der Waals surface area contributed by atoms with E-state index in [-0.39, 0.29) is 11.8 Å². The van der Waals surface area contributed by atoms with Gasteiger partial charge in [-0.15, -0.1) is 0 Å². The molecule has 1 aromatic heterocycles. The number of benzene rings is 1. The van der Waals surface area contributed by atoms with Crippen LogP contribution in [0.25, 0.3) is 0 Å². The van der Waals surface area contributed by atoms with E-state index in [4.69, 9.17) is 4.74 Å². The summed E-state index contributed by atoms with van der Waals surface area (Å²) in [7, 11) is 1.98. The summed E-state index contributed by atoms with van der Waals surface area (Å²) in [5.41, 5.74) is 0.380. The van der Waals surface area contributed by atoms with E-state index in [0.29, 0.717) is 6.54 Å². The van der Waals surface area contributed by atoms with Crippen LogP contribution in [0.5, 0.6) is 0 Å². The van der Waals surface area contributed by atoms with E-state index in [1.54, 1.807) is 10.7 Å². The summed E-state index contributed by atoms with van der Waals surface area (Å²) in [5.74, 6) is 0.582. The number of aromatic nitrogens is 3. The van der Waals surface area contributed by atoms with Gasteiger partial charge in [-0.1, -0.05) is 12.1 Å². The van der Waals surface area contributed by atoms with Gasteiger partial charge in [0.15, 0.2) is 0 Å². The Hall–Kier alpha value is -1.69. The van der Waals surface area contributed by atoms with Gasteiger partial charge in [0.2, 0.25) is 0 Å². The average Bonchev–Trinajstić information content (AvgIpc) is 2.82. The van der Waals surface area contributed by atoms with Gasteiger partial charge in [-0.3, -0.25) is 0 Å². The second kappa shape index (κ2) is 3.91. The quantitative estimate of drug-likeness (QED) is 0.587. The molecule has 0 bridgehead atoms. The van der Waals surface area contributed by atoms with Gasteiger partial charge in [-0.25, -0.2) is 14.1 Å². The Balaban J connectivity index is 1.94. The standard InChI is InChI=1S/C12H13BFN3O/c1-8-15-7-16-17(8)6-12(11(13)18-12)9-3-2-4-10(14)5-9/h2-5,7,11H,6,13H2,1H3. The van der Waals surface area contributed by atoms with E-state index >= 15 is 0 Å². The molecule has 0 saturated carbocycles. The van der Waals surface area contributed by atoms with Gasteiger partial charge in [0.05, 0.1) is 12.5 Å². The van der Waals surface area contributed by atoms with Crippen molar-refractivity contribution in [3.63, 3.8) is 0 Å². The van der Waals surface area contributed by atoms with Crippen molar-refractivity contribution in [1.29, 1.82) is 0 Å². The Bertz CT molecular complexity index is 588. The van der Waals surface area contributed by atoms with Crippen molar-refractivity contribution in [3.8, 4) is 0 Å². The average molecular weight is 245 g/mol. The minimum Gasteiger partial charge on any atom is -0.369 e. The Morgan fingerprint density at radius 3 is 2.89 bits per heavy atom. The summed E-state index contributed by atoms with van der Waals surface area (Å²) in [5, 5.41) is 4.16. The van der Waals surface area contributed by atoms with Gasteiger partial charge in [0.25, 0.3) is 0 Å². The number of hydrogen-bond donors (Lipinski definition) is 0. The fourth-order valence-corrected chi connectivity index (χ4v) is 2.29. The molecule has 1 aliphatic heterocycles. The van der Waals surface area contributed by atoms with Crippen LogP contribution in [0.15, 0.2) is 30.6 Å². The maximum atomic E-state index is 13.3. The predicted octanol–water partition coefficient (Wildman–Crippen LogP) is 0.611. The second-order valence-corrected chi connectivity index (χ2v) is 4.62. The van der Waals surface area contributed by atoms with E-state index in [9.17, 15) is 4.39 Å². The first-order valence-corrected chi connectivity index (χ1v) is 5.90. The van der Waals surface area contributed by atoms with Gasteiger partial charge < -0.3 is 4.74 Å². The van der Waals surface area contributed by atoms with Gasteiger partial charge in [0.1, 0.15) is 31.4 Å². The van der Waals surface area contributed by atoms with E-state index < -0.39 is 5.60 Å². The minimum atomic E-state index is -0.472. The predicted molar refractivity (Wildman–Crippen MR) is 66.3 cm³/mol. The minimum absolute atomic E-state index is 0.0582. The maximum Gasteiger partial charge on any atom is 0.143 e. The van der Waals surface area contributed by atoms with Crippen LogP contribution < -0.4 is 0 Å². The molecular formula is C12H13BFN3O. The van der Waals surface area contributed by atoms with Crippen molar-refractivity contribution < 1.29 is 9.13 Å². The first-order valence-electron chi connectivity index (χ1n) is 5.90. The topological polar surface area (TPSA) is 43.2 Å². The lowest BCUT2D eigenvalue weighted by Crippen LogP contribution is -2.22. The van der Waals surface area contributed by atoms with Gasteiger partial charge in [-0.2, -0.15) is 5.10 Å². The monoisotopic (exact) mass is 245 g/mol. The third-order valence-electron chi connectivity index (χ3n) is 3.49. The fourth-order valence-electron chi connectivity index (χ4n) is 2.29. The summed E-state index contributed by atoms with van der Waals surface area (Å²) in [6.45, 7) is 2.45. The molecule has 0 amide bonds. The molecule has 1 aromatic carbocycles. The molecule has 2 heterocycles. The van der Waals surface area contributed by atoms with Crippen LogP contribution in [-0.2, 0) is 16.9 Å². The Morgan fingerprint density at radius 2 is 2.33 bits per heavy atom. The first kappa shape index (κ1) is 11.4. The van der Waals surface area contributed by atoms with Crippen molar-refractivity contribution in [2.24, 2.45) is 0 Å². The van der Waals surface area contributed by atoms with Crippen molar-refractivity contribution >= 4 is 7.85 Å². The molecule has 0 spiro atoms. The molecule has 92 valence electrons. The highest BCUT2D eigenvalue weighted by molar-refractivity contribution is 6.13. The largest absolute Gasteiger partial charge is 0.369 e. The maximum absolute atomic E-state index is 13.3. The van der Waals surface area contributed by atoms with E-state index in [1.807, 2.05) is 20.8 Å². The molecule has 4 nitrogen and oxygen atoms in total. The molecule has 2 atom stereocenters. The Kier molecular flexibility index (Phi) is 2.48. The van der Waals surface area contributed by atoms with E-state index in [2.05, 4.69) is 10.1 Å². The number of hydrogen-bond acceptors (Lipinski definition) is 3. The summed E-state index contributed by atoms with van der Waals surface area (Å²) in [6.07, 6.45) is 1.52. The lowest BCUT2D eigenvalue weighted by Gasteiger charge is -2.14. The summed E-state index contributed by atoms with van der Waals surface area (Å²) < 4.78 is 20.8. The van der Waals surface area contributed by atoms with Crippen LogP contribution in [0.1, 0.15) is 11.4 Å². The number of rotatable bonds is 3. The zero-order chi connectivity index (χ0) is 12.8. The molecule has 2 aromatic rings. The fraction of sp³-hybridized carbons (Fsp3) is 0.333. The normalized spacial score (nSPS) is 26.2. The molecule has 18 heavy (non-hydrogen) atoms. The lowest BCUT2D eigenvalue weighted by atomic mass is 9.85. The Labute approximate surface area is 105 Å². The zero-order valence-corrected chi connectivity index (χ0v) is 10.3. The molecular weight excluding hydrogens is 232 g/mol. The highest BCUT2D eigenvalue weighted by atomic mass is 19.1. The molecule has 6 heteroatoms. The second-order valence-electron chi connectivity index (χ2n) is 4.62. The lowest BCUT2D eigenvalue weighted by molar-refractivity contribution is 0.264. The third kappa shape index (κ3) is 1.73. The SMILES string of the molecule is BC1OC1(Cn1ncnc1C)c1cccc(F)c1. The summed E-state index contributed by atoms with van der Waals surface area (Å²) >= 11 is 0. The van der Waals surface area contributed by atoms with Crippen LogP contribution in [0, 0.1) is 12.7 Å². The molecule has 1 fully saturated rings. The van der Waals surface area contributed by atoms with Gasteiger partial charge >= 0.3 is 0 Å². The van der Waals surface area contributed by atoms with Gasteiger partial charge in [0, 0.05) is 0 Å². The third-order valence-corrected chi connectivity index (χ3v) is 3.49. The molecule has 0 aliphatic carbocycles. The molecule has 3 rings (SSSR count). The van der Waals surface area contributed by atoms with Crippen molar-refractivity contribution in [2.45, 2.75) is 25.1 Å². The van der Waals surface area contributed by atoms with Crippen LogP contribution >= 0.6 is 0 Å². The van der Waals surface area contributed by atoms with Crippen molar-refractivity contribution in [1.82, 2.24) is 14.8 Å². The summed E-state index contributed by atoms with van der Waals surface area (Å²) in [6, 6.07) is 6.61. The van der Waals surface area contributed by atoms with Crippen molar-refractivity contribution in [3.05, 3.63) is 47.8 Å². The van der Waals surface area contributed by atoms with E-state index in [1.165, 1.54) is 18.5 Å². The van der Waals surface area contributed by atoms with Crippen LogP contribution in [0.4, 0.5) is 4.39 Å². The highest BCUT2D eigenvalue weighted by Crippen LogP contribution is 2.46. The molecule has 1 aliphatic rings. The molecule has 0 N–H and O–H groups in total. The molecule has 2 unspecified atom stereocenters. The number of epoxide rings is 1. The van der Waals surface area contributed by atoms with Crippen LogP contribution in [-0.4, -0.2) is 28.6 Å². The first-order chi connectivity index (χ1) is 8.62. The number of ether oxygens (including phenoxy) is 1. The smallest absolute Gasteiger partial charge is 0.143 e. The summed E-state index contributed by atoms with van der Waals surface area (Å²) in [4.78, 5) is 4.09. The van der Waals surface area contributed by atoms with E-state index in [0.717, 1.165) is 11.4 Å². The molecule has 0 radical (unpaired) electrons. The number of aryl methyl sites for hydroxylation is 1. The number of nitrogens with zero attached hydrogens (tertiary/aromatic N) is 3. The molecule has 1 saturated heterocycles. The van der Waals surface area contributed by atoms with Gasteiger partial charge in [-0.05, 0) is 24.6 Å². The van der Waals surface area contributed by atoms with Crippen molar-refractivity contribution in [2.75, 3.05) is 0 Å². The number of halogens is 1. The van der Waals surface area contributed by atoms with Crippen LogP contribution in [0.2, 0.25) is 0 Å².